The molecule has 0 atom stereocenters. The van der Waals surface area contributed by atoms with E-state index in [0.29, 0.717) is 28.2 Å². The molecule has 8 heteroatoms. The number of nitrogens with one attached hydrogen (secondary N) is 1. The second kappa shape index (κ2) is 7.13. The van der Waals surface area contributed by atoms with Crippen molar-refractivity contribution >= 4 is 29.1 Å². The molecule has 1 aromatic heterocycles. The summed E-state index contributed by atoms with van der Waals surface area (Å²) >= 11 is 5.89. The smallest absolute Gasteiger partial charge is 0.252 e. The molecule has 1 radical (unpaired) electrons. The highest BCUT2D eigenvalue weighted by atomic mass is 35.5. The van der Waals surface area contributed by atoms with E-state index in [4.69, 9.17) is 26.8 Å². The van der Waals surface area contributed by atoms with Gasteiger partial charge in [-0.05, 0) is 42.0 Å². The number of rotatable bonds is 5. The molecule has 0 unspecified atom stereocenters. The van der Waals surface area contributed by atoms with E-state index in [-0.39, 0.29) is 12.4 Å². The monoisotopic (exact) mass is 381 g/mol. The number of hydrogen-bond donors (Lipinski definition) is 2. The number of nitrogens with zero attached hydrogens (tertiary/aromatic N) is 2. The van der Waals surface area contributed by atoms with Crippen molar-refractivity contribution in [2.45, 2.75) is 0 Å². The highest BCUT2D eigenvalue weighted by Gasteiger charge is 2.17. The molecule has 0 aliphatic carbocycles. The molecule has 0 bridgehead atoms. The number of ether oxygens (including phenoxy) is 2. The third-order valence-corrected chi connectivity index (χ3v) is 4.14. The van der Waals surface area contributed by atoms with Crippen LogP contribution in [0.4, 0.5) is 11.6 Å². The topological polar surface area (TPSA) is 99.4 Å². The van der Waals surface area contributed by atoms with Gasteiger partial charge in [-0.3, -0.25) is 4.79 Å². The van der Waals surface area contributed by atoms with Crippen molar-refractivity contribution in [2.24, 2.45) is 5.73 Å². The van der Waals surface area contributed by atoms with E-state index in [1.54, 1.807) is 36.8 Å². The van der Waals surface area contributed by atoms with Crippen molar-refractivity contribution in [3.8, 4) is 11.5 Å². The van der Waals surface area contributed by atoms with Gasteiger partial charge in [0.1, 0.15) is 0 Å². The minimum Gasteiger partial charge on any atom is -0.454 e. The number of amides is 1. The van der Waals surface area contributed by atoms with Gasteiger partial charge >= 0.3 is 0 Å². The zero-order valence-corrected chi connectivity index (χ0v) is 14.7. The van der Waals surface area contributed by atoms with Gasteiger partial charge in [-0.2, -0.15) is 0 Å². The lowest BCUT2D eigenvalue weighted by atomic mass is 10.1. The van der Waals surface area contributed by atoms with Crippen molar-refractivity contribution in [2.75, 3.05) is 12.1 Å². The number of carbonyl (C=O) groups is 1. The summed E-state index contributed by atoms with van der Waals surface area (Å²) in [6.45, 7) is 0.188. The summed E-state index contributed by atoms with van der Waals surface area (Å²) in [7, 11) is 0. The van der Waals surface area contributed by atoms with Crippen molar-refractivity contribution in [1.29, 1.82) is 0 Å². The second-order valence-electron chi connectivity index (χ2n) is 5.75. The highest BCUT2D eigenvalue weighted by Crippen LogP contribution is 2.33. The van der Waals surface area contributed by atoms with Gasteiger partial charge in [0.25, 0.3) is 5.91 Å². The molecule has 0 spiro atoms. The highest BCUT2D eigenvalue weighted by molar-refractivity contribution is 6.30. The van der Waals surface area contributed by atoms with Crippen LogP contribution in [0.1, 0.15) is 21.6 Å². The first-order valence-electron chi connectivity index (χ1n) is 8.02. The van der Waals surface area contributed by atoms with E-state index >= 15 is 0 Å². The van der Waals surface area contributed by atoms with Crippen LogP contribution in [0.15, 0.2) is 48.7 Å². The number of primary amides is 1. The lowest BCUT2D eigenvalue weighted by Crippen LogP contribution is -2.16. The molecular formula is C19H14ClN4O3. The van der Waals surface area contributed by atoms with Crippen LogP contribution < -0.4 is 20.5 Å². The number of aromatic nitrogens is 2. The maximum Gasteiger partial charge on any atom is 0.252 e. The van der Waals surface area contributed by atoms with Crippen molar-refractivity contribution in [1.82, 2.24) is 9.97 Å². The van der Waals surface area contributed by atoms with Crippen LogP contribution in [0, 0.1) is 6.42 Å². The Morgan fingerprint density at radius 2 is 1.93 bits per heavy atom. The first kappa shape index (κ1) is 17.1. The number of carbonyl (C=O) groups excluding carboxylic acids is 1. The summed E-state index contributed by atoms with van der Waals surface area (Å²) in [6, 6.07) is 12.5. The van der Waals surface area contributed by atoms with Crippen LogP contribution >= 0.6 is 11.6 Å². The van der Waals surface area contributed by atoms with Gasteiger partial charge < -0.3 is 20.5 Å². The zero-order chi connectivity index (χ0) is 18.8. The summed E-state index contributed by atoms with van der Waals surface area (Å²) in [5, 5.41) is 3.69. The lowest BCUT2D eigenvalue weighted by molar-refractivity contribution is 0.0999. The third kappa shape index (κ3) is 3.78. The molecule has 0 fully saturated rings. The van der Waals surface area contributed by atoms with Gasteiger partial charge in [0.2, 0.25) is 12.7 Å². The largest absolute Gasteiger partial charge is 0.454 e. The Bertz CT molecular complexity index is 1010. The van der Waals surface area contributed by atoms with Gasteiger partial charge in [-0.15, -0.1) is 0 Å². The number of fused-ring (bicyclic) bond motifs is 1. The minimum absolute atomic E-state index is 0.188. The van der Waals surface area contributed by atoms with Gasteiger partial charge in [0.15, 0.2) is 11.5 Å². The predicted octanol–water partition coefficient (Wildman–Crippen LogP) is 3.30. The molecule has 7 nitrogen and oxygen atoms in total. The number of hydrogen-bond acceptors (Lipinski definition) is 6. The van der Waals surface area contributed by atoms with Gasteiger partial charge in [-0.1, -0.05) is 17.7 Å². The van der Waals surface area contributed by atoms with Gasteiger partial charge in [0.05, 0.1) is 11.3 Å². The van der Waals surface area contributed by atoms with Crippen LogP contribution in [-0.4, -0.2) is 22.7 Å². The Morgan fingerprint density at radius 3 is 2.70 bits per heavy atom. The fourth-order valence-electron chi connectivity index (χ4n) is 2.58. The first-order valence-corrected chi connectivity index (χ1v) is 8.40. The average Bonchev–Trinajstić information content (AvgIpc) is 3.11. The van der Waals surface area contributed by atoms with E-state index < -0.39 is 5.91 Å². The Labute approximate surface area is 160 Å². The van der Waals surface area contributed by atoms with Crippen LogP contribution in [0.5, 0.6) is 11.5 Å². The van der Waals surface area contributed by atoms with Crippen molar-refractivity contribution in [3.05, 3.63) is 76.9 Å². The summed E-state index contributed by atoms with van der Waals surface area (Å²) in [4.78, 5) is 20.3. The van der Waals surface area contributed by atoms with Gasteiger partial charge in [-0.25, -0.2) is 9.97 Å². The molecule has 27 heavy (non-hydrogen) atoms. The maximum atomic E-state index is 11.7. The molecule has 0 saturated heterocycles. The Balaban J connectivity index is 1.63. The maximum absolute atomic E-state index is 11.7. The summed E-state index contributed by atoms with van der Waals surface area (Å²) in [5.74, 6) is 1.03. The zero-order valence-electron chi connectivity index (χ0n) is 14.0. The fourth-order valence-corrected chi connectivity index (χ4v) is 2.70. The molecule has 1 aliphatic rings. The fraction of sp³-hybridized carbons (Fsp3) is 0.0526. The Morgan fingerprint density at radius 1 is 1.15 bits per heavy atom. The molecule has 4 rings (SSSR count). The van der Waals surface area contributed by atoms with Crippen LogP contribution in [0.2, 0.25) is 5.02 Å². The number of halogens is 1. The quantitative estimate of drug-likeness (QED) is 0.703. The summed E-state index contributed by atoms with van der Waals surface area (Å²) in [6.07, 6.45) is 3.13. The van der Waals surface area contributed by atoms with E-state index in [2.05, 4.69) is 15.3 Å². The number of nitrogens with two attached hydrogens (primary N) is 1. The Kier molecular flexibility index (Phi) is 4.52. The predicted molar refractivity (Wildman–Crippen MR) is 100 cm³/mol. The Hall–Kier alpha value is -3.32. The lowest BCUT2D eigenvalue weighted by Gasteiger charge is -2.10. The molecule has 3 N–H and O–H groups in total. The molecular weight excluding hydrogens is 368 g/mol. The van der Waals surface area contributed by atoms with E-state index in [1.807, 2.05) is 12.1 Å². The van der Waals surface area contributed by atoms with E-state index in [0.717, 1.165) is 11.3 Å². The SMILES string of the molecule is NC(=O)c1cnc(Nc2ccc(Cl)cc2)nc1[CH]c1ccc2c(c1)OCO2. The molecule has 2 aromatic carbocycles. The number of benzene rings is 2. The molecule has 1 amide bonds. The van der Waals surface area contributed by atoms with E-state index in [9.17, 15) is 4.79 Å². The van der Waals surface area contributed by atoms with Crippen LogP contribution in [0.25, 0.3) is 0 Å². The van der Waals surface area contributed by atoms with Crippen LogP contribution in [0.3, 0.4) is 0 Å². The van der Waals surface area contributed by atoms with Crippen molar-refractivity contribution in [3.63, 3.8) is 0 Å². The second-order valence-corrected chi connectivity index (χ2v) is 6.18. The minimum atomic E-state index is -0.611. The standard InChI is InChI=1S/C19H14ClN4O3/c20-12-2-4-13(5-3-12)23-19-22-9-14(18(21)25)15(24-19)7-11-1-6-16-17(8-11)27-10-26-16/h1-9H,10H2,(H2,21,25)(H,22,23,24). The molecule has 1 aliphatic heterocycles. The summed E-state index contributed by atoms with van der Waals surface area (Å²) in [5.41, 5.74) is 7.63. The first-order chi connectivity index (χ1) is 13.1. The molecule has 135 valence electrons. The molecule has 2 heterocycles. The number of anilines is 2. The summed E-state index contributed by atoms with van der Waals surface area (Å²) < 4.78 is 10.7. The molecule has 0 saturated carbocycles. The molecule has 3 aromatic rings. The van der Waals surface area contributed by atoms with Crippen molar-refractivity contribution < 1.29 is 14.3 Å². The van der Waals surface area contributed by atoms with Crippen LogP contribution in [-0.2, 0) is 0 Å². The van der Waals surface area contributed by atoms with E-state index in [1.165, 1.54) is 6.20 Å². The third-order valence-electron chi connectivity index (χ3n) is 3.88. The van der Waals surface area contributed by atoms with Gasteiger partial charge in [0, 0.05) is 23.3 Å². The average molecular weight is 382 g/mol. The normalized spacial score (nSPS) is 12.0.